The number of aliphatic imine (C=N–C) groups is 1. The van der Waals surface area contributed by atoms with Gasteiger partial charge in [-0.25, -0.2) is 4.98 Å². The molecule has 0 unspecified atom stereocenters. The molecule has 0 radical (unpaired) electrons. The van der Waals surface area contributed by atoms with Crippen molar-refractivity contribution >= 4 is 17.7 Å². The molecule has 3 rings (SSSR count). The van der Waals surface area contributed by atoms with Gasteiger partial charge in [-0.15, -0.1) is 0 Å². The number of nitrogens with zero attached hydrogens (tertiary/aromatic N) is 3. The second kappa shape index (κ2) is 8.10. The van der Waals surface area contributed by atoms with Crippen LogP contribution in [0, 0.1) is 0 Å². The molecule has 1 saturated heterocycles. The van der Waals surface area contributed by atoms with E-state index in [0.717, 1.165) is 31.2 Å². The summed E-state index contributed by atoms with van der Waals surface area (Å²) in [4.78, 5) is 11.2. The zero-order valence-electron chi connectivity index (χ0n) is 14.8. The van der Waals surface area contributed by atoms with Crippen LogP contribution >= 0.6 is 11.8 Å². The van der Waals surface area contributed by atoms with Crippen LogP contribution in [0.15, 0.2) is 23.3 Å². The molecule has 6 heteroatoms. The maximum absolute atomic E-state index is 5.11. The Morgan fingerprint density at radius 1 is 1.38 bits per heavy atom. The lowest BCUT2D eigenvalue weighted by Gasteiger charge is -2.45. The van der Waals surface area contributed by atoms with Gasteiger partial charge in [-0.05, 0) is 18.4 Å². The van der Waals surface area contributed by atoms with Gasteiger partial charge in [-0.2, -0.15) is 11.8 Å². The smallest absolute Gasteiger partial charge is 0.212 e. The number of guanidine groups is 1. The fraction of sp³-hybridized carbons (Fsp3) is 0.667. The van der Waals surface area contributed by atoms with Crippen molar-refractivity contribution in [2.75, 3.05) is 33.0 Å². The molecular weight excluding hydrogens is 320 g/mol. The average Bonchev–Trinajstić information content (AvgIpc) is 2.63. The van der Waals surface area contributed by atoms with Crippen molar-refractivity contribution in [1.29, 1.82) is 0 Å². The highest BCUT2D eigenvalue weighted by molar-refractivity contribution is 8.00. The van der Waals surface area contributed by atoms with Gasteiger partial charge in [0.1, 0.15) is 0 Å². The lowest BCUT2D eigenvalue weighted by atomic mass is 9.87. The summed E-state index contributed by atoms with van der Waals surface area (Å²) in [5.74, 6) is 2.86. The lowest BCUT2D eigenvalue weighted by molar-refractivity contribution is 0.293. The Bertz CT molecular complexity index is 549. The molecule has 2 fully saturated rings. The van der Waals surface area contributed by atoms with Crippen LogP contribution in [0.3, 0.4) is 0 Å². The summed E-state index contributed by atoms with van der Waals surface area (Å²) < 4.78 is 5.56. The highest BCUT2D eigenvalue weighted by Crippen LogP contribution is 2.42. The van der Waals surface area contributed by atoms with Crippen LogP contribution < -0.4 is 10.1 Å². The van der Waals surface area contributed by atoms with Gasteiger partial charge in [0, 0.05) is 49.4 Å². The van der Waals surface area contributed by atoms with Crippen LogP contribution in [-0.4, -0.2) is 53.6 Å². The summed E-state index contributed by atoms with van der Waals surface area (Å²) in [6.45, 7) is 2.94. The van der Waals surface area contributed by atoms with E-state index < -0.39 is 0 Å². The van der Waals surface area contributed by atoms with Crippen LogP contribution in [0.5, 0.6) is 5.88 Å². The Labute approximate surface area is 149 Å². The summed E-state index contributed by atoms with van der Waals surface area (Å²) >= 11 is 2.19. The number of hydrogen-bond donors (Lipinski definition) is 1. The van der Waals surface area contributed by atoms with Crippen molar-refractivity contribution in [2.45, 2.75) is 43.4 Å². The van der Waals surface area contributed by atoms with Gasteiger partial charge in [0.25, 0.3) is 0 Å². The topological polar surface area (TPSA) is 49.8 Å². The quantitative estimate of drug-likeness (QED) is 0.672. The summed E-state index contributed by atoms with van der Waals surface area (Å²) in [6.07, 6.45) is 8.73. The van der Waals surface area contributed by atoms with Crippen LogP contribution in [0.2, 0.25) is 0 Å². The minimum absolute atomic E-state index is 0.454. The minimum Gasteiger partial charge on any atom is -0.481 e. The number of nitrogens with one attached hydrogen (secondary N) is 1. The molecule has 1 N–H and O–H groups in total. The third-order valence-corrected chi connectivity index (χ3v) is 6.52. The van der Waals surface area contributed by atoms with E-state index in [-0.39, 0.29) is 0 Å². The lowest BCUT2D eigenvalue weighted by Crippen LogP contribution is -2.53. The molecule has 0 aromatic carbocycles. The maximum Gasteiger partial charge on any atom is 0.212 e. The van der Waals surface area contributed by atoms with Gasteiger partial charge in [-0.3, -0.25) is 4.99 Å². The summed E-state index contributed by atoms with van der Waals surface area (Å²) in [5, 5.41) is 3.50. The van der Waals surface area contributed by atoms with Crippen molar-refractivity contribution in [2.24, 2.45) is 4.99 Å². The number of rotatable bonds is 3. The van der Waals surface area contributed by atoms with Crippen molar-refractivity contribution < 1.29 is 4.74 Å². The van der Waals surface area contributed by atoms with E-state index in [1.54, 1.807) is 7.11 Å². The Balaban J connectivity index is 1.58. The van der Waals surface area contributed by atoms with Gasteiger partial charge in [0.05, 0.1) is 7.11 Å². The normalized spacial score (nSPS) is 20.9. The molecule has 1 aromatic heterocycles. The summed E-state index contributed by atoms with van der Waals surface area (Å²) in [6, 6.07) is 3.94. The van der Waals surface area contributed by atoms with Crippen molar-refractivity contribution in [1.82, 2.24) is 15.2 Å². The second-order valence-corrected chi connectivity index (χ2v) is 8.19. The molecule has 1 saturated carbocycles. The van der Waals surface area contributed by atoms with E-state index in [2.05, 4.69) is 32.0 Å². The fourth-order valence-corrected chi connectivity index (χ4v) is 5.24. The van der Waals surface area contributed by atoms with Gasteiger partial charge in [-0.1, -0.05) is 25.3 Å². The zero-order chi connectivity index (χ0) is 16.8. The molecule has 1 aliphatic heterocycles. The van der Waals surface area contributed by atoms with E-state index in [1.165, 1.54) is 37.9 Å². The largest absolute Gasteiger partial charge is 0.481 e. The first kappa shape index (κ1) is 17.4. The molecule has 5 nitrogen and oxygen atoms in total. The molecule has 0 amide bonds. The first-order valence-electron chi connectivity index (χ1n) is 8.83. The molecule has 132 valence electrons. The Morgan fingerprint density at radius 2 is 2.21 bits per heavy atom. The van der Waals surface area contributed by atoms with Crippen molar-refractivity contribution in [3.05, 3.63) is 23.9 Å². The van der Waals surface area contributed by atoms with Gasteiger partial charge >= 0.3 is 0 Å². The predicted molar refractivity (Wildman–Crippen MR) is 101 cm³/mol. The minimum atomic E-state index is 0.454. The van der Waals surface area contributed by atoms with E-state index in [0.29, 0.717) is 10.6 Å². The van der Waals surface area contributed by atoms with Crippen molar-refractivity contribution in [3.63, 3.8) is 0 Å². The molecule has 0 bridgehead atoms. The summed E-state index contributed by atoms with van der Waals surface area (Å²) in [5.41, 5.74) is 1.13. The molecular formula is C18H28N4OS. The predicted octanol–water partition coefficient (Wildman–Crippen LogP) is 2.92. The third kappa shape index (κ3) is 4.15. The Hall–Kier alpha value is -1.43. The number of ether oxygens (including phenoxy) is 1. The summed E-state index contributed by atoms with van der Waals surface area (Å²) in [7, 11) is 3.52. The number of aromatic nitrogens is 1. The standard InChI is InChI=1S/C18H28N4OS/c1-19-17(21-13-15-6-7-16(23-2)20-12-15)22-10-11-24-18(14-22)8-4-3-5-9-18/h6-7,12H,3-5,8-11,13-14H2,1-2H3,(H,19,21). The molecule has 24 heavy (non-hydrogen) atoms. The zero-order valence-corrected chi connectivity index (χ0v) is 15.6. The molecule has 2 aliphatic rings. The molecule has 0 atom stereocenters. The molecule has 2 heterocycles. The molecule has 1 spiro atoms. The first-order valence-corrected chi connectivity index (χ1v) is 9.82. The van der Waals surface area contributed by atoms with Crippen LogP contribution in [-0.2, 0) is 6.54 Å². The molecule has 1 aliphatic carbocycles. The number of hydrogen-bond acceptors (Lipinski definition) is 4. The van der Waals surface area contributed by atoms with E-state index in [4.69, 9.17) is 4.74 Å². The number of thioether (sulfide) groups is 1. The number of methoxy groups -OCH3 is 1. The maximum atomic E-state index is 5.11. The SMILES string of the molecule is CN=C(NCc1ccc(OC)nc1)N1CCSC2(CCCCC2)C1. The van der Waals surface area contributed by atoms with Gasteiger partial charge in [0.2, 0.25) is 5.88 Å². The Morgan fingerprint density at radius 3 is 2.88 bits per heavy atom. The fourth-order valence-electron chi connectivity index (χ4n) is 3.67. The third-order valence-electron chi connectivity index (χ3n) is 4.98. The van der Waals surface area contributed by atoms with Gasteiger partial charge < -0.3 is 15.0 Å². The van der Waals surface area contributed by atoms with E-state index in [9.17, 15) is 0 Å². The Kier molecular flexibility index (Phi) is 5.87. The monoisotopic (exact) mass is 348 g/mol. The van der Waals surface area contributed by atoms with Crippen LogP contribution in [0.25, 0.3) is 0 Å². The first-order chi connectivity index (χ1) is 11.7. The highest BCUT2D eigenvalue weighted by atomic mass is 32.2. The van der Waals surface area contributed by atoms with Crippen LogP contribution in [0.1, 0.15) is 37.7 Å². The average molecular weight is 349 g/mol. The van der Waals surface area contributed by atoms with E-state index in [1.807, 2.05) is 25.4 Å². The highest BCUT2D eigenvalue weighted by Gasteiger charge is 2.38. The van der Waals surface area contributed by atoms with Gasteiger partial charge in [0.15, 0.2) is 5.96 Å². The van der Waals surface area contributed by atoms with E-state index >= 15 is 0 Å². The van der Waals surface area contributed by atoms with Crippen molar-refractivity contribution in [3.8, 4) is 5.88 Å². The molecule has 1 aromatic rings. The number of pyridine rings is 1. The van der Waals surface area contributed by atoms with Crippen LogP contribution in [0.4, 0.5) is 0 Å². The second-order valence-electron chi connectivity index (χ2n) is 6.62.